The molecule has 1 aliphatic heterocycles. The summed E-state index contributed by atoms with van der Waals surface area (Å²) in [6.07, 6.45) is 1.94. The zero-order valence-corrected chi connectivity index (χ0v) is 12.1. The molecule has 0 spiro atoms. The Kier molecular flexibility index (Phi) is 2.92. The number of aliphatic hydroxyl groups excluding tert-OH is 2. The number of benzene rings is 1. The molecule has 112 valence electrons. The first-order chi connectivity index (χ1) is 10.6. The topological polar surface area (TPSA) is 69.8 Å². The summed E-state index contributed by atoms with van der Waals surface area (Å²) < 4.78 is 1.92. The summed E-state index contributed by atoms with van der Waals surface area (Å²) in [5, 5.41) is 24.3. The summed E-state index contributed by atoms with van der Waals surface area (Å²) in [4.78, 5) is 4.52. The molecule has 1 aromatic carbocycles. The Bertz CT molecular complexity index is 829. The lowest BCUT2D eigenvalue weighted by atomic mass is 9.89. The van der Waals surface area contributed by atoms with Crippen molar-refractivity contribution in [3.05, 3.63) is 65.6 Å². The van der Waals surface area contributed by atoms with E-state index in [1.54, 1.807) is 0 Å². The third kappa shape index (κ3) is 1.90. The molecule has 5 heteroatoms. The van der Waals surface area contributed by atoms with Crippen LogP contribution in [0.5, 0.6) is 0 Å². The van der Waals surface area contributed by atoms with E-state index in [0.717, 1.165) is 22.6 Å². The molecule has 0 unspecified atom stereocenters. The number of hydrogen-bond acceptors (Lipinski definition) is 4. The first kappa shape index (κ1) is 13.3. The van der Waals surface area contributed by atoms with Crippen LogP contribution in [0.1, 0.15) is 29.0 Å². The Morgan fingerprint density at radius 1 is 1.14 bits per heavy atom. The molecule has 5 nitrogen and oxygen atoms in total. The molecule has 3 atom stereocenters. The van der Waals surface area contributed by atoms with Crippen molar-refractivity contribution < 1.29 is 10.2 Å². The van der Waals surface area contributed by atoms with Crippen LogP contribution in [-0.4, -0.2) is 25.7 Å². The summed E-state index contributed by atoms with van der Waals surface area (Å²) in [7, 11) is 0. The number of pyridine rings is 1. The maximum Gasteiger partial charge on any atom is 0.160 e. The summed E-state index contributed by atoms with van der Waals surface area (Å²) >= 11 is 0. The van der Waals surface area contributed by atoms with Crippen LogP contribution in [-0.2, 0) is 0 Å². The maximum absolute atomic E-state index is 10.5. The molecular formula is C17H17N3O2. The highest BCUT2D eigenvalue weighted by atomic mass is 16.3. The Balaban J connectivity index is 1.88. The highest BCUT2D eigenvalue weighted by Crippen LogP contribution is 2.40. The van der Waals surface area contributed by atoms with Gasteiger partial charge in [0.05, 0.1) is 17.4 Å². The van der Waals surface area contributed by atoms with E-state index in [1.807, 2.05) is 60.1 Å². The molecule has 0 amide bonds. The molecule has 3 heterocycles. The van der Waals surface area contributed by atoms with Gasteiger partial charge < -0.3 is 19.9 Å². The van der Waals surface area contributed by atoms with Gasteiger partial charge in [0.2, 0.25) is 0 Å². The zero-order valence-electron chi connectivity index (χ0n) is 12.1. The predicted octanol–water partition coefficient (Wildman–Crippen LogP) is 2.20. The molecule has 0 saturated heterocycles. The normalized spacial score (nSPS) is 24.0. The monoisotopic (exact) mass is 295 g/mol. The summed E-state index contributed by atoms with van der Waals surface area (Å²) in [6, 6.07) is 11.1. The average molecular weight is 295 g/mol. The summed E-state index contributed by atoms with van der Waals surface area (Å²) in [5.74, 6) is 0. The van der Waals surface area contributed by atoms with E-state index in [9.17, 15) is 10.2 Å². The van der Waals surface area contributed by atoms with Crippen molar-refractivity contribution in [2.75, 3.05) is 5.32 Å². The second-order valence-corrected chi connectivity index (χ2v) is 5.73. The van der Waals surface area contributed by atoms with Gasteiger partial charge in [0.1, 0.15) is 12.2 Å². The minimum absolute atomic E-state index is 0.369. The highest BCUT2D eigenvalue weighted by Gasteiger charge is 2.36. The first-order valence-electron chi connectivity index (χ1n) is 7.31. The second-order valence-electron chi connectivity index (χ2n) is 5.73. The molecule has 4 rings (SSSR count). The molecule has 0 saturated carbocycles. The zero-order chi connectivity index (χ0) is 15.3. The molecule has 0 fully saturated rings. The van der Waals surface area contributed by atoms with Crippen LogP contribution < -0.4 is 5.32 Å². The van der Waals surface area contributed by atoms with Crippen LogP contribution in [0.3, 0.4) is 0 Å². The molecule has 0 bridgehead atoms. The van der Waals surface area contributed by atoms with Gasteiger partial charge in [-0.3, -0.25) is 0 Å². The van der Waals surface area contributed by atoms with Gasteiger partial charge in [0.15, 0.2) is 5.65 Å². The quantitative estimate of drug-likeness (QED) is 0.644. The number of aryl methyl sites for hydroxylation is 1. The van der Waals surface area contributed by atoms with Gasteiger partial charge >= 0.3 is 0 Å². The number of rotatable bonds is 1. The molecular weight excluding hydrogens is 278 g/mol. The third-order valence-electron chi connectivity index (χ3n) is 4.22. The summed E-state index contributed by atoms with van der Waals surface area (Å²) in [5.41, 5.74) is 4.07. The molecule has 3 aromatic rings. The number of fused-ring (bicyclic) bond motifs is 3. The average Bonchev–Trinajstić information content (AvgIpc) is 2.92. The van der Waals surface area contributed by atoms with Crippen molar-refractivity contribution in [1.29, 1.82) is 0 Å². The molecule has 22 heavy (non-hydrogen) atoms. The van der Waals surface area contributed by atoms with Crippen molar-refractivity contribution in [2.24, 2.45) is 0 Å². The van der Waals surface area contributed by atoms with Crippen molar-refractivity contribution in [3.63, 3.8) is 0 Å². The Morgan fingerprint density at radius 3 is 2.68 bits per heavy atom. The minimum atomic E-state index is -0.941. The molecule has 3 N–H and O–H groups in total. The van der Waals surface area contributed by atoms with Gasteiger partial charge in [-0.2, -0.15) is 0 Å². The van der Waals surface area contributed by atoms with Crippen LogP contribution in [0.25, 0.3) is 5.65 Å². The Hall–Kier alpha value is -2.37. The standard InChI is InChI=1S/C17H17N3O2/c1-10-9-20-8-7-12-14(17(20)18-10)19-13(16(22)15(12)21)11-5-3-2-4-6-11/h2-9,13,15-16,19,21-22H,1H3/t13-,15+,16-/m1/s1. The Morgan fingerprint density at radius 2 is 1.91 bits per heavy atom. The van der Waals surface area contributed by atoms with Crippen molar-refractivity contribution in [2.45, 2.75) is 25.2 Å². The summed E-state index contributed by atoms with van der Waals surface area (Å²) in [6.45, 7) is 1.93. The van der Waals surface area contributed by atoms with Crippen LogP contribution in [0.2, 0.25) is 0 Å². The SMILES string of the molecule is Cc1cn2ccc3c(c2n1)N[C@H](c1ccccc1)[C@@H](O)[C@H]3O. The number of aromatic nitrogens is 2. The number of nitrogens with one attached hydrogen (secondary N) is 1. The van der Waals surface area contributed by atoms with Gasteiger partial charge in [-0.15, -0.1) is 0 Å². The van der Waals surface area contributed by atoms with E-state index >= 15 is 0 Å². The number of imidazole rings is 1. The first-order valence-corrected chi connectivity index (χ1v) is 7.31. The predicted molar refractivity (Wildman–Crippen MR) is 83.7 cm³/mol. The highest BCUT2D eigenvalue weighted by molar-refractivity contribution is 5.74. The Labute approximate surface area is 127 Å². The van der Waals surface area contributed by atoms with E-state index in [0.29, 0.717) is 5.56 Å². The van der Waals surface area contributed by atoms with E-state index in [1.165, 1.54) is 0 Å². The molecule has 0 radical (unpaired) electrons. The largest absolute Gasteiger partial charge is 0.388 e. The van der Waals surface area contributed by atoms with Crippen LogP contribution in [0.4, 0.5) is 5.69 Å². The number of aliphatic hydroxyl groups is 2. The van der Waals surface area contributed by atoms with E-state index < -0.39 is 12.2 Å². The number of nitrogens with zero attached hydrogens (tertiary/aromatic N) is 2. The van der Waals surface area contributed by atoms with Crippen LogP contribution in [0.15, 0.2) is 48.8 Å². The number of anilines is 1. The van der Waals surface area contributed by atoms with E-state index in [4.69, 9.17) is 0 Å². The van der Waals surface area contributed by atoms with Gasteiger partial charge in [-0.05, 0) is 18.6 Å². The van der Waals surface area contributed by atoms with Gasteiger partial charge in [0, 0.05) is 18.0 Å². The van der Waals surface area contributed by atoms with Gasteiger partial charge in [-0.1, -0.05) is 30.3 Å². The third-order valence-corrected chi connectivity index (χ3v) is 4.22. The van der Waals surface area contributed by atoms with Crippen molar-refractivity contribution >= 4 is 11.3 Å². The van der Waals surface area contributed by atoms with E-state index in [2.05, 4.69) is 10.3 Å². The lowest BCUT2D eigenvalue weighted by Crippen LogP contribution is -2.36. The smallest absolute Gasteiger partial charge is 0.160 e. The lowest BCUT2D eigenvalue weighted by Gasteiger charge is -2.35. The van der Waals surface area contributed by atoms with Crippen LogP contribution >= 0.6 is 0 Å². The molecule has 0 aliphatic carbocycles. The fraction of sp³-hybridized carbons (Fsp3) is 0.235. The van der Waals surface area contributed by atoms with E-state index in [-0.39, 0.29) is 6.04 Å². The van der Waals surface area contributed by atoms with Gasteiger partial charge in [-0.25, -0.2) is 4.98 Å². The van der Waals surface area contributed by atoms with Crippen molar-refractivity contribution in [1.82, 2.24) is 9.38 Å². The van der Waals surface area contributed by atoms with Crippen LogP contribution in [0, 0.1) is 6.92 Å². The maximum atomic E-state index is 10.5. The van der Waals surface area contributed by atoms with Crippen molar-refractivity contribution in [3.8, 4) is 0 Å². The molecule has 2 aromatic heterocycles. The lowest BCUT2D eigenvalue weighted by molar-refractivity contribution is 0.00198. The molecule has 1 aliphatic rings. The fourth-order valence-electron chi connectivity index (χ4n) is 3.13. The second kappa shape index (κ2) is 4.83. The van der Waals surface area contributed by atoms with Gasteiger partial charge in [0.25, 0.3) is 0 Å². The fourth-order valence-corrected chi connectivity index (χ4v) is 3.13. The minimum Gasteiger partial charge on any atom is -0.388 e. The number of hydrogen-bond donors (Lipinski definition) is 3.